The van der Waals surface area contributed by atoms with E-state index >= 15 is 0 Å². The Bertz CT molecular complexity index is 648. The minimum Gasteiger partial charge on any atom is -0.478 e. The predicted octanol–water partition coefficient (Wildman–Crippen LogP) is 3.88. The number of benzene rings is 2. The number of carboxylic acid groups (broad SMARTS) is 1. The van der Waals surface area contributed by atoms with Crippen LogP contribution < -0.4 is 5.32 Å². The van der Waals surface area contributed by atoms with Crippen LogP contribution in [0.25, 0.3) is 0 Å². The molecule has 4 heteroatoms. The highest BCUT2D eigenvalue weighted by Gasteiger charge is 2.30. The van der Waals surface area contributed by atoms with Crippen LogP contribution in [0.5, 0.6) is 0 Å². The van der Waals surface area contributed by atoms with Crippen LogP contribution in [0.4, 0.5) is 10.1 Å². The first-order valence-corrected chi connectivity index (χ1v) is 6.97. The maximum Gasteiger partial charge on any atom is 0.335 e. The highest BCUT2D eigenvalue weighted by atomic mass is 19.1. The fraction of sp³-hybridized carbons (Fsp3) is 0.235. The van der Waals surface area contributed by atoms with Gasteiger partial charge in [-0.15, -0.1) is 0 Å². The van der Waals surface area contributed by atoms with Crippen LogP contribution in [0.2, 0.25) is 0 Å². The van der Waals surface area contributed by atoms with Gasteiger partial charge in [0.1, 0.15) is 5.82 Å². The maximum absolute atomic E-state index is 12.9. The van der Waals surface area contributed by atoms with E-state index < -0.39 is 5.97 Å². The molecule has 1 fully saturated rings. The SMILES string of the molecule is O=C(O)c1cccc(NC2CC(c3ccc(F)cc3)C2)c1. The lowest BCUT2D eigenvalue weighted by Crippen LogP contribution is -2.34. The van der Waals surface area contributed by atoms with E-state index in [4.69, 9.17) is 5.11 Å². The average Bonchev–Trinajstić information content (AvgIpc) is 2.44. The molecule has 21 heavy (non-hydrogen) atoms. The minimum atomic E-state index is -0.920. The zero-order chi connectivity index (χ0) is 14.8. The third-order valence-corrected chi connectivity index (χ3v) is 3.96. The van der Waals surface area contributed by atoms with E-state index in [1.165, 1.54) is 12.1 Å². The second-order valence-electron chi connectivity index (χ2n) is 5.45. The predicted molar refractivity (Wildman–Crippen MR) is 79.2 cm³/mol. The minimum absolute atomic E-state index is 0.210. The first-order chi connectivity index (χ1) is 10.1. The molecule has 0 bridgehead atoms. The third-order valence-electron chi connectivity index (χ3n) is 3.96. The van der Waals surface area contributed by atoms with E-state index in [0.717, 1.165) is 24.1 Å². The summed E-state index contributed by atoms with van der Waals surface area (Å²) in [6, 6.07) is 13.8. The summed E-state index contributed by atoms with van der Waals surface area (Å²) in [5.74, 6) is -0.680. The number of rotatable bonds is 4. The highest BCUT2D eigenvalue weighted by molar-refractivity contribution is 5.88. The number of hydrogen-bond acceptors (Lipinski definition) is 2. The number of halogens is 1. The normalized spacial score (nSPS) is 20.6. The summed E-state index contributed by atoms with van der Waals surface area (Å²) in [6.07, 6.45) is 1.95. The zero-order valence-corrected chi connectivity index (χ0v) is 11.4. The summed E-state index contributed by atoms with van der Waals surface area (Å²) < 4.78 is 12.9. The molecule has 1 saturated carbocycles. The Morgan fingerprint density at radius 1 is 1.14 bits per heavy atom. The fourth-order valence-corrected chi connectivity index (χ4v) is 2.72. The lowest BCUT2D eigenvalue weighted by Gasteiger charge is -2.37. The van der Waals surface area contributed by atoms with E-state index in [-0.39, 0.29) is 11.4 Å². The molecule has 3 nitrogen and oxygen atoms in total. The van der Waals surface area contributed by atoms with Gasteiger partial charge < -0.3 is 10.4 Å². The molecule has 0 aliphatic heterocycles. The van der Waals surface area contributed by atoms with Crippen molar-refractivity contribution in [2.75, 3.05) is 5.32 Å². The molecule has 0 heterocycles. The van der Waals surface area contributed by atoms with E-state index in [1.807, 2.05) is 18.2 Å². The van der Waals surface area contributed by atoms with Crippen molar-refractivity contribution in [1.29, 1.82) is 0 Å². The summed E-state index contributed by atoms with van der Waals surface area (Å²) in [4.78, 5) is 10.9. The first kappa shape index (κ1) is 13.6. The summed E-state index contributed by atoms with van der Waals surface area (Å²) >= 11 is 0. The molecule has 1 aliphatic carbocycles. The fourth-order valence-electron chi connectivity index (χ4n) is 2.72. The van der Waals surface area contributed by atoms with Crippen LogP contribution in [-0.4, -0.2) is 17.1 Å². The smallest absolute Gasteiger partial charge is 0.335 e. The molecule has 3 rings (SSSR count). The van der Waals surface area contributed by atoms with E-state index in [0.29, 0.717) is 12.0 Å². The van der Waals surface area contributed by atoms with E-state index in [9.17, 15) is 9.18 Å². The van der Waals surface area contributed by atoms with Gasteiger partial charge in [0.15, 0.2) is 0 Å². The molecule has 1 aliphatic rings. The molecule has 0 spiro atoms. The Morgan fingerprint density at radius 3 is 2.52 bits per heavy atom. The monoisotopic (exact) mass is 285 g/mol. The summed E-state index contributed by atoms with van der Waals surface area (Å²) in [6.45, 7) is 0. The van der Waals surface area contributed by atoms with Crippen LogP contribution >= 0.6 is 0 Å². The van der Waals surface area contributed by atoms with Crippen molar-refractivity contribution in [3.8, 4) is 0 Å². The van der Waals surface area contributed by atoms with Crippen molar-refractivity contribution >= 4 is 11.7 Å². The Balaban J connectivity index is 1.58. The molecule has 2 aromatic rings. The molecule has 0 amide bonds. The van der Waals surface area contributed by atoms with Crippen molar-refractivity contribution < 1.29 is 14.3 Å². The molecule has 0 aromatic heterocycles. The quantitative estimate of drug-likeness (QED) is 0.896. The second-order valence-corrected chi connectivity index (χ2v) is 5.45. The topological polar surface area (TPSA) is 49.3 Å². The van der Waals surface area contributed by atoms with Gasteiger partial charge in [-0.2, -0.15) is 0 Å². The maximum atomic E-state index is 12.9. The van der Waals surface area contributed by atoms with Crippen LogP contribution in [0.15, 0.2) is 48.5 Å². The number of carbonyl (C=O) groups is 1. The summed E-state index contributed by atoms with van der Waals surface area (Å²) in [5, 5.41) is 12.3. The van der Waals surface area contributed by atoms with Crippen LogP contribution in [0.3, 0.4) is 0 Å². The zero-order valence-electron chi connectivity index (χ0n) is 11.4. The molecule has 0 radical (unpaired) electrons. The second kappa shape index (κ2) is 5.56. The summed E-state index contributed by atoms with van der Waals surface area (Å²) in [5.41, 5.74) is 2.28. The average molecular weight is 285 g/mol. The molecule has 0 saturated heterocycles. The van der Waals surface area contributed by atoms with Crippen LogP contribution in [0, 0.1) is 5.82 Å². The van der Waals surface area contributed by atoms with Gasteiger partial charge >= 0.3 is 5.97 Å². The van der Waals surface area contributed by atoms with Gasteiger partial charge in [-0.1, -0.05) is 18.2 Å². The lowest BCUT2D eigenvalue weighted by molar-refractivity contribution is 0.0697. The highest BCUT2D eigenvalue weighted by Crippen LogP contribution is 2.38. The van der Waals surface area contributed by atoms with Crippen molar-refractivity contribution in [2.45, 2.75) is 24.8 Å². The van der Waals surface area contributed by atoms with Crippen LogP contribution in [-0.2, 0) is 0 Å². The molecular weight excluding hydrogens is 269 g/mol. The molecular formula is C17H16FNO2. The molecule has 2 aromatic carbocycles. The standard InChI is InChI=1S/C17H16FNO2/c18-14-6-4-11(5-7-14)13-9-16(10-13)19-15-3-1-2-12(8-15)17(20)21/h1-8,13,16,19H,9-10H2,(H,20,21). The lowest BCUT2D eigenvalue weighted by atomic mass is 9.76. The van der Waals surface area contributed by atoms with Crippen LogP contribution in [0.1, 0.15) is 34.7 Å². The Kier molecular flexibility index (Phi) is 3.60. The molecule has 2 N–H and O–H groups in total. The number of nitrogens with one attached hydrogen (secondary N) is 1. The van der Waals surface area contributed by atoms with E-state index in [1.54, 1.807) is 18.2 Å². The van der Waals surface area contributed by atoms with Crippen molar-refractivity contribution in [3.63, 3.8) is 0 Å². The van der Waals surface area contributed by atoms with Gasteiger partial charge in [0.25, 0.3) is 0 Å². The Morgan fingerprint density at radius 2 is 1.86 bits per heavy atom. The van der Waals surface area contributed by atoms with Crippen molar-refractivity contribution in [2.24, 2.45) is 0 Å². The molecule has 0 atom stereocenters. The van der Waals surface area contributed by atoms with Gasteiger partial charge in [-0.05, 0) is 54.7 Å². The number of carboxylic acids is 1. The first-order valence-electron chi connectivity index (χ1n) is 6.97. The molecule has 108 valence electrons. The van der Waals surface area contributed by atoms with Gasteiger partial charge in [0.05, 0.1) is 5.56 Å². The van der Waals surface area contributed by atoms with Crippen molar-refractivity contribution in [3.05, 3.63) is 65.5 Å². The van der Waals surface area contributed by atoms with Crippen molar-refractivity contribution in [1.82, 2.24) is 0 Å². The van der Waals surface area contributed by atoms with Gasteiger partial charge in [0, 0.05) is 11.7 Å². The Labute approximate surface area is 122 Å². The number of aromatic carboxylic acids is 1. The van der Waals surface area contributed by atoms with Gasteiger partial charge in [-0.25, -0.2) is 9.18 Å². The third kappa shape index (κ3) is 3.05. The number of hydrogen-bond donors (Lipinski definition) is 2. The van der Waals surface area contributed by atoms with Gasteiger partial charge in [0.2, 0.25) is 0 Å². The largest absolute Gasteiger partial charge is 0.478 e. The number of anilines is 1. The van der Waals surface area contributed by atoms with E-state index in [2.05, 4.69) is 5.32 Å². The Hall–Kier alpha value is -2.36. The van der Waals surface area contributed by atoms with Gasteiger partial charge in [-0.3, -0.25) is 0 Å². The summed E-state index contributed by atoms with van der Waals surface area (Å²) in [7, 11) is 0. The molecule has 0 unspecified atom stereocenters.